The predicted octanol–water partition coefficient (Wildman–Crippen LogP) is 2.96. The monoisotopic (exact) mass is 394 g/mol. The van der Waals surface area contributed by atoms with Gasteiger partial charge in [-0.2, -0.15) is 5.10 Å². The maximum Gasteiger partial charge on any atom is 0.256 e. The molecule has 2 amide bonds. The number of hydrogen-bond acceptors (Lipinski definition) is 3. The minimum absolute atomic E-state index is 0.173. The Hall–Kier alpha value is -2.05. The molecular formula is C18H20Cl2N4O2. The number of rotatable bonds is 4. The molecule has 138 valence electrons. The standard InChI is InChI=1S/C18H20Cl2N4O2/c1-11-8-13(23(2)22-11)10-21-17(25)16-4-3-7-24(16)18(26)14-9-12(19)5-6-15(14)20/h5-6,8-9,16H,3-4,7,10H2,1-2H3,(H,21,25). The topological polar surface area (TPSA) is 67.2 Å². The van der Waals surface area contributed by atoms with E-state index in [9.17, 15) is 9.59 Å². The first-order chi connectivity index (χ1) is 12.4. The van der Waals surface area contributed by atoms with Crippen LogP contribution in [-0.2, 0) is 18.4 Å². The molecule has 1 N–H and O–H groups in total. The zero-order valence-corrected chi connectivity index (χ0v) is 16.1. The van der Waals surface area contributed by atoms with Crippen molar-refractivity contribution in [3.8, 4) is 0 Å². The molecule has 2 heterocycles. The molecule has 2 aromatic rings. The molecule has 0 radical (unpaired) electrons. The summed E-state index contributed by atoms with van der Waals surface area (Å²) in [7, 11) is 1.83. The summed E-state index contributed by atoms with van der Waals surface area (Å²) in [5.41, 5.74) is 2.12. The molecular weight excluding hydrogens is 375 g/mol. The Bertz CT molecular complexity index is 850. The van der Waals surface area contributed by atoms with Gasteiger partial charge in [-0.05, 0) is 44.0 Å². The van der Waals surface area contributed by atoms with Gasteiger partial charge in [-0.3, -0.25) is 14.3 Å². The van der Waals surface area contributed by atoms with Crippen LogP contribution in [-0.4, -0.2) is 39.1 Å². The molecule has 1 aliphatic rings. The van der Waals surface area contributed by atoms with Crippen molar-refractivity contribution >= 4 is 35.0 Å². The lowest BCUT2D eigenvalue weighted by Gasteiger charge is -2.24. The normalized spacial score (nSPS) is 16.8. The van der Waals surface area contributed by atoms with E-state index in [4.69, 9.17) is 23.2 Å². The SMILES string of the molecule is Cc1cc(CNC(=O)C2CCCN2C(=O)c2cc(Cl)ccc2Cl)n(C)n1. The molecule has 0 spiro atoms. The van der Waals surface area contributed by atoms with Crippen LogP contribution in [0.25, 0.3) is 0 Å². The zero-order chi connectivity index (χ0) is 18.8. The van der Waals surface area contributed by atoms with E-state index in [1.54, 1.807) is 21.7 Å². The fourth-order valence-corrected chi connectivity index (χ4v) is 3.59. The van der Waals surface area contributed by atoms with Gasteiger partial charge in [-0.1, -0.05) is 23.2 Å². The highest BCUT2D eigenvalue weighted by Gasteiger charge is 2.35. The zero-order valence-electron chi connectivity index (χ0n) is 14.6. The quantitative estimate of drug-likeness (QED) is 0.866. The second-order valence-corrected chi connectivity index (χ2v) is 7.24. The number of aromatic nitrogens is 2. The summed E-state index contributed by atoms with van der Waals surface area (Å²) < 4.78 is 1.74. The van der Waals surface area contributed by atoms with Crippen molar-refractivity contribution in [1.29, 1.82) is 0 Å². The van der Waals surface area contributed by atoms with Gasteiger partial charge in [0, 0.05) is 18.6 Å². The minimum Gasteiger partial charge on any atom is -0.349 e. The van der Waals surface area contributed by atoms with Crippen molar-refractivity contribution in [2.45, 2.75) is 32.4 Å². The van der Waals surface area contributed by atoms with Gasteiger partial charge in [0.05, 0.1) is 28.5 Å². The number of nitrogens with one attached hydrogen (secondary N) is 1. The molecule has 1 atom stereocenters. The molecule has 1 aromatic carbocycles. The van der Waals surface area contributed by atoms with Gasteiger partial charge < -0.3 is 10.2 Å². The maximum atomic E-state index is 12.9. The van der Waals surface area contributed by atoms with E-state index < -0.39 is 6.04 Å². The van der Waals surface area contributed by atoms with Crippen molar-refractivity contribution in [3.05, 3.63) is 51.3 Å². The number of halogens is 2. The van der Waals surface area contributed by atoms with Crippen molar-refractivity contribution < 1.29 is 9.59 Å². The number of hydrogen-bond donors (Lipinski definition) is 1. The smallest absolute Gasteiger partial charge is 0.256 e. The van der Waals surface area contributed by atoms with E-state index in [2.05, 4.69) is 10.4 Å². The summed E-state index contributed by atoms with van der Waals surface area (Å²) >= 11 is 12.1. The van der Waals surface area contributed by atoms with Crippen LogP contribution < -0.4 is 5.32 Å². The molecule has 0 aliphatic carbocycles. The molecule has 8 heteroatoms. The van der Waals surface area contributed by atoms with E-state index in [1.807, 2.05) is 20.0 Å². The number of aryl methyl sites for hydroxylation is 2. The molecule has 1 aliphatic heterocycles. The number of carbonyl (C=O) groups is 2. The van der Waals surface area contributed by atoms with Gasteiger partial charge in [0.15, 0.2) is 0 Å². The van der Waals surface area contributed by atoms with E-state index >= 15 is 0 Å². The van der Waals surface area contributed by atoms with Crippen molar-refractivity contribution in [2.75, 3.05) is 6.54 Å². The van der Waals surface area contributed by atoms with Gasteiger partial charge in [-0.15, -0.1) is 0 Å². The molecule has 1 unspecified atom stereocenters. The number of likely N-dealkylation sites (tertiary alicyclic amines) is 1. The van der Waals surface area contributed by atoms with E-state index in [0.29, 0.717) is 35.1 Å². The third kappa shape index (κ3) is 3.86. The van der Waals surface area contributed by atoms with Crippen LogP contribution in [0.4, 0.5) is 0 Å². The number of nitrogens with zero attached hydrogens (tertiary/aromatic N) is 3. The summed E-state index contributed by atoms with van der Waals surface area (Å²) in [6.07, 6.45) is 1.40. The Kier molecular flexibility index (Phi) is 5.53. The van der Waals surface area contributed by atoms with E-state index in [-0.39, 0.29) is 11.8 Å². The molecule has 1 saturated heterocycles. The molecule has 1 aromatic heterocycles. The van der Waals surface area contributed by atoms with Crippen LogP contribution in [0, 0.1) is 6.92 Å². The van der Waals surface area contributed by atoms with Gasteiger partial charge in [-0.25, -0.2) is 0 Å². The summed E-state index contributed by atoms with van der Waals surface area (Å²) in [4.78, 5) is 27.1. The van der Waals surface area contributed by atoms with Gasteiger partial charge in [0.1, 0.15) is 6.04 Å². The Labute approximate surface area is 162 Å². The third-order valence-corrected chi connectivity index (χ3v) is 5.08. The van der Waals surface area contributed by atoms with Crippen LogP contribution in [0.1, 0.15) is 34.6 Å². The van der Waals surface area contributed by atoms with E-state index in [0.717, 1.165) is 17.8 Å². The predicted molar refractivity (Wildman–Crippen MR) is 100 cm³/mol. The average molecular weight is 395 g/mol. The van der Waals surface area contributed by atoms with Crippen LogP contribution in [0.3, 0.4) is 0 Å². The first kappa shape index (κ1) is 18.7. The highest BCUT2D eigenvalue weighted by molar-refractivity contribution is 6.35. The number of amides is 2. The fourth-order valence-electron chi connectivity index (χ4n) is 3.22. The highest BCUT2D eigenvalue weighted by atomic mass is 35.5. The lowest BCUT2D eigenvalue weighted by molar-refractivity contribution is -0.125. The van der Waals surface area contributed by atoms with Crippen LogP contribution in [0.5, 0.6) is 0 Å². The first-order valence-electron chi connectivity index (χ1n) is 8.40. The van der Waals surface area contributed by atoms with Crippen LogP contribution in [0.2, 0.25) is 10.0 Å². The average Bonchev–Trinajstić information content (AvgIpc) is 3.20. The fraction of sp³-hybridized carbons (Fsp3) is 0.389. The first-order valence-corrected chi connectivity index (χ1v) is 9.15. The second kappa shape index (κ2) is 7.68. The Morgan fingerprint density at radius 3 is 2.77 bits per heavy atom. The second-order valence-electron chi connectivity index (χ2n) is 6.40. The molecule has 6 nitrogen and oxygen atoms in total. The summed E-state index contributed by atoms with van der Waals surface area (Å²) in [5, 5.41) is 7.93. The lowest BCUT2D eigenvalue weighted by Crippen LogP contribution is -2.46. The summed E-state index contributed by atoms with van der Waals surface area (Å²) in [6, 6.07) is 6.17. The number of benzene rings is 1. The van der Waals surface area contributed by atoms with Crippen molar-refractivity contribution in [3.63, 3.8) is 0 Å². The largest absolute Gasteiger partial charge is 0.349 e. The molecule has 26 heavy (non-hydrogen) atoms. The van der Waals surface area contributed by atoms with Crippen molar-refractivity contribution in [2.24, 2.45) is 7.05 Å². The Balaban J connectivity index is 1.71. The van der Waals surface area contributed by atoms with Gasteiger partial charge >= 0.3 is 0 Å². The van der Waals surface area contributed by atoms with E-state index in [1.165, 1.54) is 6.07 Å². The van der Waals surface area contributed by atoms with Gasteiger partial charge in [0.2, 0.25) is 5.91 Å². The van der Waals surface area contributed by atoms with Gasteiger partial charge in [0.25, 0.3) is 5.91 Å². The Morgan fingerprint density at radius 2 is 2.08 bits per heavy atom. The highest BCUT2D eigenvalue weighted by Crippen LogP contribution is 2.26. The summed E-state index contributed by atoms with van der Waals surface area (Å²) in [6.45, 7) is 2.79. The molecule has 0 saturated carbocycles. The van der Waals surface area contributed by atoms with Crippen molar-refractivity contribution in [1.82, 2.24) is 20.0 Å². The maximum absolute atomic E-state index is 12.9. The summed E-state index contributed by atoms with van der Waals surface area (Å²) in [5.74, 6) is -0.445. The molecule has 3 rings (SSSR count). The minimum atomic E-state index is -0.508. The molecule has 1 fully saturated rings. The van der Waals surface area contributed by atoms with Crippen LogP contribution in [0.15, 0.2) is 24.3 Å². The number of carbonyl (C=O) groups excluding carboxylic acids is 2. The molecule has 0 bridgehead atoms. The van der Waals surface area contributed by atoms with Crippen LogP contribution >= 0.6 is 23.2 Å². The lowest BCUT2D eigenvalue weighted by atomic mass is 10.1. The Morgan fingerprint density at radius 1 is 1.31 bits per heavy atom. The third-order valence-electron chi connectivity index (χ3n) is 4.52.